The van der Waals surface area contributed by atoms with E-state index >= 15 is 0 Å². The largest absolute Gasteiger partial charge is 0.478 e. The van der Waals surface area contributed by atoms with E-state index < -0.39 is 17.0 Å². The van der Waals surface area contributed by atoms with Crippen molar-refractivity contribution >= 4 is 57.0 Å². The van der Waals surface area contributed by atoms with Gasteiger partial charge in [-0.25, -0.2) is 9.00 Å². The summed E-state index contributed by atoms with van der Waals surface area (Å²) in [4.78, 5) is 12.6. The second-order valence-electron chi connectivity index (χ2n) is 6.05. The second-order valence-corrected chi connectivity index (χ2v) is 8.74. The summed E-state index contributed by atoms with van der Waals surface area (Å²) in [7, 11) is -1.62. The first-order valence-corrected chi connectivity index (χ1v) is 10.8. The zero-order chi connectivity index (χ0) is 20.4. The highest BCUT2D eigenvalue weighted by molar-refractivity contribution is 7.99. The maximum Gasteiger partial charge on any atom is 0.335 e. The second kappa shape index (κ2) is 8.32. The predicted molar refractivity (Wildman–Crippen MR) is 115 cm³/mol. The lowest BCUT2D eigenvalue weighted by atomic mass is 10.2. The van der Waals surface area contributed by atoms with E-state index in [2.05, 4.69) is 4.72 Å². The SMILES string of the molecule is O=C(O)c1ccc(Sc2ccc(Cl)cc2NS(=O)c2cc3ccccc3o2)cc1. The number of carboxylic acids is 1. The molecule has 5 nitrogen and oxygen atoms in total. The Kier molecular flexibility index (Phi) is 5.62. The molecule has 0 saturated heterocycles. The van der Waals surface area contributed by atoms with Crippen LogP contribution < -0.4 is 4.72 Å². The first kappa shape index (κ1) is 19.6. The van der Waals surface area contributed by atoms with Crippen LogP contribution in [-0.2, 0) is 11.0 Å². The number of anilines is 1. The van der Waals surface area contributed by atoms with Crippen LogP contribution >= 0.6 is 23.4 Å². The summed E-state index contributed by atoms with van der Waals surface area (Å²) >= 11 is 7.54. The Labute approximate surface area is 178 Å². The van der Waals surface area contributed by atoms with E-state index in [0.29, 0.717) is 21.4 Å². The highest BCUT2D eigenvalue weighted by Crippen LogP contribution is 2.36. The van der Waals surface area contributed by atoms with E-state index in [0.717, 1.165) is 15.2 Å². The molecule has 1 atom stereocenters. The van der Waals surface area contributed by atoms with Gasteiger partial charge in [0.15, 0.2) is 11.0 Å². The molecule has 3 aromatic carbocycles. The van der Waals surface area contributed by atoms with Gasteiger partial charge in [0, 0.05) is 26.3 Å². The number of fused-ring (bicyclic) bond motifs is 1. The minimum Gasteiger partial charge on any atom is -0.478 e. The van der Waals surface area contributed by atoms with Crippen molar-refractivity contribution in [1.82, 2.24) is 0 Å². The van der Waals surface area contributed by atoms with E-state index in [1.807, 2.05) is 30.3 Å². The van der Waals surface area contributed by atoms with Gasteiger partial charge < -0.3 is 9.52 Å². The van der Waals surface area contributed by atoms with Gasteiger partial charge in [0.25, 0.3) is 0 Å². The third-order valence-corrected chi connectivity index (χ3v) is 6.35. The molecule has 0 aliphatic carbocycles. The lowest BCUT2D eigenvalue weighted by molar-refractivity contribution is 0.0697. The van der Waals surface area contributed by atoms with Crippen molar-refractivity contribution in [1.29, 1.82) is 0 Å². The molecular formula is C21H14ClNO4S2. The number of rotatable bonds is 6. The quantitative estimate of drug-likeness (QED) is 0.378. The summed E-state index contributed by atoms with van der Waals surface area (Å²) in [5.41, 5.74) is 1.47. The van der Waals surface area contributed by atoms with E-state index in [1.165, 1.54) is 11.8 Å². The standard InChI is InChI=1S/C21H14ClNO4S2/c22-15-7-10-19(28-16-8-5-13(6-9-16)21(24)25)17(12-15)23-29(26)20-11-14-3-1-2-4-18(14)27-20/h1-12,23H,(H,24,25). The number of halogens is 1. The molecule has 0 radical (unpaired) electrons. The summed E-state index contributed by atoms with van der Waals surface area (Å²) in [6.07, 6.45) is 0. The van der Waals surface area contributed by atoms with Crippen LogP contribution in [0.15, 0.2) is 92.1 Å². The van der Waals surface area contributed by atoms with Gasteiger partial charge in [-0.05, 0) is 48.5 Å². The Morgan fingerprint density at radius 3 is 2.52 bits per heavy atom. The average Bonchev–Trinajstić information content (AvgIpc) is 3.15. The lowest BCUT2D eigenvalue weighted by Crippen LogP contribution is -2.04. The highest BCUT2D eigenvalue weighted by atomic mass is 35.5. The fourth-order valence-corrected chi connectivity index (χ4v) is 4.65. The third-order valence-electron chi connectivity index (χ3n) is 4.06. The maximum absolute atomic E-state index is 12.8. The number of hydrogen-bond donors (Lipinski definition) is 2. The minimum absolute atomic E-state index is 0.217. The first-order valence-electron chi connectivity index (χ1n) is 8.47. The zero-order valence-electron chi connectivity index (χ0n) is 14.8. The molecule has 8 heteroatoms. The summed E-state index contributed by atoms with van der Waals surface area (Å²) in [6.45, 7) is 0. The number of furan rings is 1. The van der Waals surface area contributed by atoms with Crippen LogP contribution in [0.1, 0.15) is 10.4 Å². The van der Waals surface area contributed by atoms with Gasteiger partial charge in [-0.2, -0.15) is 0 Å². The number of aromatic carboxylic acids is 1. The van der Waals surface area contributed by atoms with Gasteiger partial charge in [-0.3, -0.25) is 4.72 Å². The smallest absolute Gasteiger partial charge is 0.335 e. The first-order chi connectivity index (χ1) is 14.0. The summed E-state index contributed by atoms with van der Waals surface area (Å²) < 4.78 is 21.4. The van der Waals surface area contributed by atoms with Gasteiger partial charge in [-0.1, -0.05) is 41.6 Å². The average molecular weight is 444 g/mol. The normalized spacial score (nSPS) is 12.0. The molecule has 4 aromatic rings. The van der Waals surface area contributed by atoms with E-state index in [-0.39, 0.29) is 5.56 Å². The highest BCUT2D eigenvalue weighted by Gasteiger charge is 2.14. The van der Waals surface area contributed by atoms with Crippen molar-refractivity contribution in [3.05, 3.63) is 83.4 Å². The van der Waals surface area contributed by atoms with Crippen LogP contribution in [0, 0.1) is 0 Å². The zero-order valence-corrected chi connectivity index (χ0v) is 17.2. The number of carbonyl (C=O) groups is 1. The molecule has 1 aromatic heterocycles. The summed E-state index contributed by atoms with van der Waals surface area (Å²) in [6, 6.07) is 21.0. The number of nitrogens with one attached hydrogen (secondary N) is 1. The van der Waals surface area contributed by atoms with E-state index in [9.17, 15) is 9.00 Å². The van der Waals surface area contributed by atoms with Crippen molar-refractivity contribution in [3.8, 4) is 0 Å². The van der Waals surface area contributed by atoms with E-state index in [4.69, 9.17) is 21.1 Å². The molecule has 29 heavy (non-hydrogen) atoms. The molecular weight excluding hydrogens is 430 g/mol. The Balaban J connectivity index is 1.59. The third kappa shape index (κ3) is 4.48. The predicted octanol–water partition coefficient (Wildman–Crippen LogP) is 6.07. The molecule has 0 bridgehead atoms. The fourth-order valence-electron chi connectivity index (χ4n) is 2.66. The van der Waals surface area contributed by atoms with Gasteiger partial charge in [0.1, 0.15) is 5.58 Å². The van der Waals surface area contributed by atoms with Crippen LogP contribution in [-0.4, -0.2) is 15.3 Å². The molecule has 0 fully saturated rings. The molecule has 0 aliphatic heterocycles. The number of carboxylic acid groups (broad SMARTS) is 1. The van der Waals surface area contributed by atoms with Crippen molar-refractivity contribution in [2.75, 3.05) is 4.72 Å². The Hall–Kier alpha value is -2.74. The number of benzene rings is 3. The van der Waals surface area contributed by atoms with Crippen LogP contribution in [0.2, 0.25) is 5.02 Å². The van der Waals surface area contributed by atoms with Gasteiger partial charge in [0.2, 0.25) is 5.09 Å². The Bertz CT molecular complexity index is 1190. The topological polar surface area (TPSA) is 79.5 Å². The molecule has 1 unspecified atom stereocenters. The van der Waals surface area contributed by atoms with Crippen molar-refractivity contribution < 1.29 is 18.5 Å². The van der Waals surface area contributed by atoms with Crippen molar-refractivity contribution in [3.63, 3.8) is 0 Å². The van der Waals surface area contributed by atoms with Crippen molar-refractivity contribution in [2.45, 2.75) is 14.9 Å². The van der Waals surface area contributed by atoms with Crippen LogP contribution in [0.3, 0.4) is 0 Å². The summed E-state index contributed by atoms with van der Waals surface area (Å²) in [5.74, 6) is -0.975. The number of hydrogen-bond acceptors (Lipinski definition) is 4. The summed E-state index contributed by atoms with van der Waals surface area (Å²) in [5, 5.41) is 10.7. The molecule has 0 amide bonds. The van der Waals surface area contributed by atoms with Crippen molar-refractivity contribution in [2.24, 2.45) is 0 Å². The maximum atomic E-state index is 12.8. The van der Waals surface area contributed by atoms with Gasteiger partial charge >= 0.3 is 5.97 Å². The molecule has 1 heterocycles. The molecule has 4 rings (SSSR count). The molecule has 0 saturated carbocycles. The Morgan fingerprint density at radius 2 is 1.79 bits per heavy atom. The molecule has 0 spiro atoms. The van der Waals surface area contributed by atoms with E-state index in [1.54, 1.807) is 42.5 Å². The fraction of sp³-hybridized carbons (Fsp3) is 0. The lowest BCUT2D eigenvalue weighted by Gasteiger charge is -2.11. The van der Waals surface area contributed by atoms with Gasteiger partial charge in [-0.15, -0.1) is 0 Å². The monoisotopic (exact) mass is 443 g/mol. The number of para-hydroxylation sites is 1. The van der Waals surface area contributed by atoms with Crippen LogP contribution in [0.4, 0.5) is 5.69 Å². The van der Waals surface area contributed by atoms with Gasteiger partial charge in [0.05, 0.1) is 11.3 Å². The molecule has 2 N–H and O–H groups in total. The van der Waals surface area contributed by atoms with Crippen LogP contribution in [0.5, 0.6) is 0 Å². The van der Waals surface area contributed by atoms with Crippen LogP contribution in [0.25, 0.3) is 11.0 Å². The minimum atomic E-state index is -1.62. The molecule has 146 valence electrons. The molecule has 0 aliphatic rings. The Morgan fingerprint density at radius 1 is 1.03 bits per heavy atom.